The molecule has 0 bridgehead atoms. The Balaban J connectivity index is 2.71. The van der Waals surface area contributed by atoms with Crippen LogP contribution in [0.1, 0.15) is 17.3 Å². The van der Waals surface area contributed by atoms with E-state index in [4.69, 9.17) is 14.2 Å². The molecule has 2 rings (SSSR count). The number of carbonyl (C=O) groups is 1. The zero-order valence-electron chi connectivity index (χ0n) is 14.3. The van der Waals surface area contributed by atoms with E-state index >= 15 is 0 Å². The second-order valence-corrected chi connectivity index (χ2v) is 7.85. The molecule has 0 aliphatic heterocycles. The second kappa shape index (κ2) is 7.75. The van der Waals surface area contributed by atoms with Crippen LogP contribution in [-0.4, -0.2) is 42.3 Å². The van der Waals surface area contributed by atoms with Crippen LogP contribution in [0.25, 0.3) is 0 Å². The number of hydrogen-bond donors (Lipinski definition) is 0. The van der Waals surface area contributed by atoms with Crippen molar-refractivity contribution in [2.75, 3.05) is 32.2 Å². The van der Waals surface area contributed by atoms with Gasteiger partial charge in [0.25, 0.3) is 10.0 Å². The van der Waals surface area contributed by atoms with Crippen LogP contribution in [0.2, 0.25) is 0 Å². The van der Waals surface area contributed by atoms with Gasteiger partial charge in [0.2, 0.25) is 0 Å². The first-order valence-corrected chi connectivity index (χ1v) is 9.63. The van der Waals surface area contributed by atoms with E-state index in [1.165, 1.54) is 39.5 Å². The molecule has 0 aliphatic rings. The number of rotatable bonds is 7. The van der Waals surface area contributed by atoms with E-state index in [1.54, 1.807) is 18.4 Å². The summed E-state index contributed by atoms with van der Waals surface area (Å²) in [5, 5.41) is 1.68. The standard InChI is InChI=1S/C16H19NO6S2/c1-5-17(25(19,20)15-7-6-8-24-15)12-10-14(22-3)13(21-2)9-11(12)16(18)23-4/h6-10H,5H2,1-4H3. The summed E-state index contributed by atoms with van der Waals surface area (Å²) < 4.78 is 42.5. The van der Waals surface area contributed by atoms with Crippen molar-refractivity contribution in [1.82, 2.24) is 0 Å². The molecule has 1 heterocycles. The molecule has 0 aliphatic carbocycles. The number of sulfonamides is 1. The number of ether oxygens (including phenoxy) is 3. The lowest BCUT2D eigenvalue weighted by Gasteiger charge is -2.25. The molecule has 2 aromatic rings. The molecular weight excluding hydrogens is 366 g/mol. The largest absolute Gasteiger partial charge is 0.493 e. The fraction of sp³-hybridized carbons (Fsp3) is 0.312. The van der Waals surface area contributed by atoms with Gasteiger partial charge in [0.05, 0.1) is 32.6 Å². The molecule has 9 heteroatoms. The van der Waals surface area contributed by atoms with Crippen LogP contribution < -0.4 is 13.8 Å². The lowest BCUT2D eigenvalue weighted by atomic mass is 10.1. The first-order chi connectivity index (χ1) is 11.9. The molecule has 0 saturated carbocycles. The fourth-order valence-corrected chi connectivity index (χ4v) is 4.93. The van der Waals surface area contributed by atoms with Crippen LogP contribution in [0.15, 0.2) is 33.9 Å². The Kier molecular flexibility index (Phi) is 5.91. The fourth-order valence-electron chi connectivity index (χ4n) is 2.34. The summed E-state index contributed by atoms with van der Waals surface area (Å²) in [5.74, 6) is -0.0583. The molecular formula is C16H19NO6S2. The Hall–Kier alpha value is -2.26. The molecule has 0 spiro atoms. The van der Waals surface area contributed by atoms with Crippen molar-refractivity contribution >= 4 is 33.0 Å². The predicted octanol–water partition coefficient (Wildman–Crippen LogP) is 2.77. The molecule has 0 radical (unpaired) electrons. The third-order valence-corrected chi connectivity index (χ3v) is 6.76. The van der Waals surface area contributed by atoms with E-state index in [0.29, 0.717) is 11.5 Å². The van der Waals surface area contributed by atoms with Gasteiger partial charge in [0.1, 0.15) is 4.21 Å². The van der Waals surface area contributed by atoms with Gasteiger partial charge < -0.3 is 14.2 Å². The number of carbonyl (C=O) groups excluding carboxylic acids is 1. The van der Waals surface area contributed by atoms with Crippen molar-refractivity contribution in [2.45, 2.75) is 11.1 Å². The molecule has 0 unspecified atom stereocenters. The minimum atomic E-state index is -3.82. The first kappa shape index (κ1) is 19.1. The number of thiophene rings is 1. The summed E-state index contributed by atoms with van der Waals surface area (Å²) in [7, 11) is 0.270. The summed E-state index contributed by atoms with van der Waals surface area (Å²) in [6.07, 6.45) is 0. The van der Waals surface area contributed by atoms with Crippen LogP contribution in [0.4, 0.5) is 5.69 Å². The van der Waals surface area contributed by atoms with Gasteiger partial charge in [-0.25, -0.2) is 13.2 Å². The normalized spacial score (nSPS) is 11.0. The lowest BCUT2D eigenvalue weighted by molar-refractivity contribution is 0.0601. The smallest absolute Gasteiger partial charge is 0.340 e. The van der Waals surface area contributed by atoms with Gasteiger partial charge in [-0.1, -0.05) is 6.07 Å². The number of methoxy groups -OCH3 is 3. The molecule has 1 aromatic carbocycles. The van der Waals surface area contributed by atoms with Gasteiger partial charge in [0.15, 0.2) is 11.5 Å². The molecule has 0 atom stereocenters. The van der Waals surface area contributed by atoms with Gasteiger partial charge in [-0.3, -0.25) is 4.31 Å². The highest BCUT2D eigenvalue weighted by molar-refractivity contribution is 7.94. The minimum absolute atomic E-state index is 0.0714. The van der Waals surface area contributed by atoms with Gasteiger partial charge in [-0.2, -0.15) is 0 Å². The van der Waals surface area contributed by atoms with Crippen LogP contribution >= 0.6 is 11.3 Å². The summed E-state index contributed by atoms with van der Waals surface area (Å²) in [6.45, 7) is 1.81. The second-order valence-electron chi connectivity index (χ2n) is 4.82. The molecule has 0 fully saturated rings. The van der Waals surface area contributed by atoms with Crippen molar-refractivity contribution in [1.29, 1.82) is 0 Å². The Bertz CT molecular complexity index is 846. The molecule has 0 saturated heterocycles. The lowest BCUT2D eigenvalue weighted by Crippen LogP contribution is -2.31. The first-order valence-electron chi connectivity index (χ1n) is 7.31. The molecule has 0 amide bonds. The van der Waals surface area contributed by atoms with Crippen LogP contribution in [-0.2, 0) is 14.8 Å². The van der Waals surface area contributed by atoms with E-state index < -0.39 is 16.0 Å². The minimum Gasteiger partial charge on any atom is -0.493 e. The van der Waals surface area contributed by atoms with E-state index in [-0.39, 0.29) is 22.0 Å². The third kappa shape index (κ3) is 3.57. The van der Waals surface area contributed by atoms with E-state index in [1.807, 2.05) is 0 Å². The van der Waals surface area contributed by atoms with E-state index in [0.717, 1.165) is 15.6 Å². The third-order valence-electron chi connectivity index (χ3n) is 3.50. The van der Waals surface area contributed by atoms with Crippen molar-refractivity contribution in [3.05, 3.63) is 35.2 Å². The SMILES string of the molecule is CCN(c1cc(OC)c(OC)cc1C(=O)OC)S(=O)(=O)c1cccs1. The molecule has 0 N–H and O–H groups in total. The van der Waals surface area contributed by atoms with Gasteiger partial charge in [0, 0.05) is 18.7 Å². The Morgan fingerprint density at radius 2 is 1.80 bits per heavy atom. The topological polar surface area (TPSA) is 82.1 Å². The number of hydrogen-bond acceptors (Lipinski definition) is 7. The zero-order valence-corrected chi connectivity index (χ0v) is 15.9. The highest BCUT2D eigenvalue weighted by atomic mass is 32.2. The van der Waals surface area contributed by atoms with Crippen LogP contribution in [0.3, 0.4) is 0 Å². The van der Waals surface area contributed by atoms with Crippen molar-refractivity contribution in [2.24, 2.45) is 0 Å². The number of nitrogens with zero attached hydrogens (tertiary/aromatic N) is 1. The molecule has 7 nitrogen and oxygen atoms in total. The van der Waals surface area contributed by atoms with Crippen molar-refractivity contribution in [3.63, 3.8) is 0 Å². The average Bonchev–Trinajstić information content (AvgIpc) is 3.16. The highest BCUT2D eigenvalue weighted by Crippen LogP contribution is 2.38. The summed E-state index contributed by atoms with van der Waals surface area (Å²) >= 11 is 1.10. The van der Waals surface area contributed by atoms with E-state index in [9.17, 15) is 13.2 Å². The maximum Gasteiger partial charge on any atom is 0.340 e. The van der Waals surface area contributed by atoms with Crippen molar-refractivity contribution in [3.8, 4) is 11.5 Å². The molecule has 25 heavy (non-hydrogen) atoms. The van der Waals surface area contributed by atoms with Crippen LogP contribution in [0, 0.1) is 0 Å². The summed E-state index contributed by atoms with van der Waals surface area (Å²) in [4.78, 5) is 12.2. The van der Waals surface area contributed by atoms with Gasteiger partial charge in [-0.05, 0) is 18.4 Å². The van der Waals surface area contributed by atoms with Gasteiger partial charge >= 0.3 is 5.97 Å². The summed E-state index contributed by atoms with van der Waals surface area (Å²) in [6, 6.07) is 6.04. The number of benzene rings is 1. The quantitative estimate of drug-likeness (QED) is 0.682. The van der Waals surface area contributed by atoms with Crippen molar-refractivity contribution < 1.29 is 27.4 Å². The molecule has 136 valence electrons. The Labute approximate surface area is 150 Å². The number of esters is 1. The number of anilines is 1. The monoisotopic (exact) mass is 385 g/mol. The highest BCUT2D eigenvalue weighted by Gasteiger charge is 2.30. The Morgan fingerprint density at radius 1 is 1.16 bits per heavy atom. The predicted molar refractivity (Wildman–Crippen MR) is 95.4 cm³/mol. The zero-order chi connectivity index (χ0) is 18.6. The van der Waals surface area contributed by atoms with Crippen LogP contribution in [0.5, 0.6) is 11.5 Å². The maximum atomic E-state index is 13.0. The summed E-state index contributed by atoms with van der Waals surface area (Å²) in [5.41, 5.74) is 0.238. The van der Waals surface area contributed by atoms with Gasteiger partial charge in [-0.15, -0.1) is 11.3 Å². The Morgan fingerprint density at radius 3 is 2.28 bits per heavy atom. The average molecular weight is 385 g/mol. The maximum absolute atomic E-state index is 13.0. The van der Waals surface area contributed by atoms with E-state index in [2.05, 4.69) is 0 Å². The molecule has 1 aromatic heterocycles.